The first-order valence-electron chi connectivity index (χ1n) is 9.44. The van der Waals surface area contributed by atoms with Gasteiger partial charge in [0.25, 0.3) is 0 Å². The Morgan fingerprint density at radius 2 is 2.14 bits per heavy atom. The molecule has 144 valence electrons. The zero-order valence-corrected chi connectivity index (χ0v) is 15.3. The highest BCUT2D eigenvalue weighted by atomic mass is 19.1. The minimum Gasteiger partial charge on any atom is -0.493 e. The van der Waals surface area contributed by atoms with Crippen LogP contribution in [0.25, 0.3) is 11.2 Å². The number of rotatable bonds is 4. The number of aromatic nitrogens is 4. The Hall–Kier alpha value is -3.00. The van der Waals surface area contributed by atoms with E-state index < -0.39 is 0 Å². The maximum absolute atomic E-state index is 14.4. The summed E-state index contributed by atoms with van der Waals surface area (Å²) >= 11 is 0. The number of halogens is 1. The summed E-state index contributed by atoms with van der Waals surface area (Å²) < 4.78 is 27.3. The average molecular weight is 381 g/mol. The van der Waals surface area contributed by atoms with E-state index in [9.17, 15) is 4.39 Å². The van der Waals surface area contributed by atoms with Gasteiger partial charge < -0.3 is 14.8 Å². The van der Waals surface area contributed by atoms with Crippen molar-refractivity contribution < 1.29 is 13.9 Å². The minimum absolute atomic E-state index is 0.239. The third kappa shape index (κ3) is 2.99. The zero-order chi connectivity index (χ0) is 18.9. The highest BCUT2D eigenvalue weighted by Gasteiger charge is 2.20. The number of hydrogen-bond acceptors (Lipinski definition) is 6. The van der Waals surface area contributed by atoms with Crippen LogP contribution in [0.2, 0.25) is 0 Å². The molecule has 0 amide bonds. The van der Waals surface area contributed by atoms with Crippen LogP contribution in [-0.4, -0.2) is 39.4 Å². The Morgan fingerprint density at radius 1 is 1.18 bits per heavy atom. The lowest BCUT2D eigenvalue weighted by molar-refractivity contribution is 0.148. The van der Waals surface area contributed by atoms with E-state index >= 15 is 0 Å². The normalized spacial score (nSPS) is 16.4. The van der Waals surface area contributed by atoms with Gasteiger partial charge in [-0.1, -0.05) is 6.08 Å². The van der Waals surface area contributed by atoms with E-state index in [1.165, 1.54) is 11.6 Å². The predicted molar refractivity (Wildman–Crippen MR) is 102 cm³/mol. The number of anilines is 1. The molecule has 1 N–H and O–H groups in total. The van der Waals surface area contributed by atoms with Gasteiger partial charge in [-0.05, 0) is 30.5 Å². The van der Waals surface area contributed by atoms with Crippen LogP contribution >= 0.6 is 0 Å². The van der Waals surface area contributed by atoms with Gasteiger partial charge in [0.1, 0.15) is 17.9 Å². The van der Waals surface area contributed by atoms with Gasteiger partial charge in [0.05, 0.1) is 19.8 Å². The summed E-state index contributed by atoms with van der Waals surface area (Å²) in [6, 6.07) is 3.14. The Morgan fingerprint density at radius 3 is 3.11 bits per heavy atom. The Labute approximate surface area is 161 Å². The molecule has 0 atom stereocenters. The summed E-state index contributed by atoms with van der Waals surface area (Å²) in [5.41, 5.74) is 4.39. The van der Waals surface area contributed by atoms with Crippen LogP contribution in [-0.2, 0) is 17.7 Å². The highest BCUT2D eigenvalue weighted by molar-refractivity contribution is 5.76. The fraction of sp³-hybridized carbons (Fsp3) is 0.350. The summed E-state index contributed by atoms with van der Waals surface area (Å²) in [7, 11) is 0. The second kappa shape index (κ2) is 7.20. The largest absolute Gasteiger partial charge is 0.493 e. The van der Waals surface area contributed by atoms with Crippen molar-refractivity contribution >= 4 is 17.2 Å². The van der Waals surface area contributed by atoms with Gasteiger partial charge in [-0.2, -0.15) is 0 Å². The van der Waals surface area contributed by atoms with Crippen LogP contribution in [0.4, 0.5) is 10.3 Å². The number of fused-ring (bicyclic) bond motifs is 2. The first kappa shape index (κ1) is 17.1. The molecular weight excluding hydrogens is 361 g/mol. The molecule has 0 aliphatic carbocycles. The monoisotopic (exact) mass is 381 g/mol. The molecule has 0 bridgehead atoms. The zero-order valence-electron chi connectivity index (χ0n) is 15.3. The van der Waals surface area contributed by atoms with Gasteiger partial charge in [-0.3, -0.25) is 4.40 Å². The van der Waals surface area contributed by atoms with Crippen molar-refractivity contribution in [2.24, 2.45) is 0 Å². The summed E-state index contributed by atoms with van der Waals surface area (Å²) in [5.74, 6) is 1.10. The molecule has 0 unspecified atom stereocenters. The topological polar surface area (TPSA) is 73.6 Å². The molecule has 4 heterocycles. The van der Waals surface area contributed by atoms with Crippen molar-refractivity contribution in [2.45, 2.75) is 25.8 Å². The smallest absolute Gasteiger partial charge is 0.210 e. The van der Waals surface area contributed by atoms with E-state index in [1.54, 1.807) is 23.0 Å². The number of nitrogens with one attached hydrogen (secondary N) is 1. The van der Waals surface area contributed by atoms with Crippen LogP contribution in [0.5, 0.6) is 5.75 Å². The molecule has 0 saturated heterocycles. The van der Waals surface area contributed by atoms with E-state index in [2.05, 4.69) is 26.6 Å². The Balaban J connectivity index is 1.45. The molecule has 2 aliphatic heterocycles. The quantitative estimate of drug-likeness (QED) is 0.749. The van der Waals surface area contributed by atoms with Crippen LogP contribution in [0.15, 0.2) is 30.7 Å². The molecule has 1 aromatic carbocycles. The number of hydrogen-bond donors (Lipinski definition) is 1. The van der Waals surface area contributed by atoms with Crippen LogP contribution in [0.3, 0.4) is 0 Å². The number of benzene rings is 1. The standard InChI is InChI=1S/C20H20FN5O2/c21-17-3-4-18-14(6-9-28-18)16(17)11-23-20-22-10-15(19-25-24-12-26(19)20)13-2-1-7-27-8-5-13/h2-4,10,12H,1,5-9,11H2,(H,22,23). The van der Waals surface area contributed by atoms with Gasteiger partial charge >= 0.3 is 0 Å². The first-order chi connectivity index (χ1) is 13.8. The second-order valence-corrected chi connectivity index (χ2v) is 6.86. The molecular formula is C20H20FN5O2. The lowest BCUT2D eigenvalue weighted by Crippen LogP contribution is -2.10. The predicted octanol–water partition coefficient (Wildman–Crippen LogP) is 3.00. The summed E-state index contributed by atoms with van der Waals surface area (Å²) in [6.07, 6.45) is 8.01. The van der Waals surface area contributed by atoms with E-state index in [1.807, 2.05) is 0 Å². The van der Waals surface area contributed by atoms with E-state index in [4.69, 9.17) is 9.47 Å². The maximum atomic E-state index is 14.4. The fourth-order valence-corrected chi connectivity index (χ4v) is 3.80. The third-order valence-electron chi connectivity index (χ3n) is 5.21. The van der Waals surface area contributed by atoms with Crippen molar-refractivity contribution in [2.75, 3.05) is 25.1 Å². The van der Waals surface area contributed by atoms with Crippen molar-refractivity contribution in [3.8, 4) is 5.75 Å². The molecule has 0 fully saturated rings. The molecule has 5 rings (SSSR count). The van der Waals surface area contributed by atoms with E-state index in [0.29, 0.717) is 31.3 Å². The fourth-order valence-electron chi connectivity index (χ4n) is 3.80. The molecule has 8 heteroatoms. The Kier molecular flexibility index (Phi) is 4.40. The van der Waals surface area contributed by atoms with E-state index in [-0.39, 0.29) is 5.82 Å². The number of ether oxygens (including phenoxy) is 2. The summed E-state index contributed by atoms with van der Waals surface area (Å²) in [6.45, 7) is 2.32. The summed E-state index contributed by atoms with van der Waals surface area (Å²) in [5, 5.41) is 11.6. The molecule has 2 aromatic heterocycles. The van der Waals surface area contributed by atoms with Crippen molar-refractivity contribution in [3.05, 3.63) is 53.2 Å². The van der Waals surface area contributed by atoms with Gasteiger partial charge in [-0.15, -0.1) is 10.2 Å². The SMILES string of the molecule is Fc1ccc2c(c1CNc1ncc(C3=CCCOCC3)c3nncn13)CCO2. The molecule has 2 aliphatic rings. The van der Waals surface area contributed by atoms with Gasteiger partial charge in [-0.25, -0.2) is 9.37 Å². The lowest BCUT2D eigenvalue weighted by Gasteiger charge is -2.13. The third-order valence-corrected chi connectivity index (χ3v) is 5.21. The van der Waals surface area contributed by atoms with Crippen molar-refractivity contribution in [1.82, 2.24) is 19.6 Å². The number of nitrogens with zero attached hydrogens (tertiary/aromatic N) is 4. The minimum atomic E-state index is -0.239. The van der Waals surface area contributed by atoms with Crippen LogP contribution < -0.4 is 10.1 Å². The molecule has 28 heavy (non-hydrogen) atoms. The maximum Gasteiger partial charge on any atom is 0.210 e. The lowest BCUT2D eigenvalue weighted by atomic mass is 10.0. The molecule has 0 spiro atoms. The first-order valence-corrected chi connectivity index (χ1v) is 9.44. The van der Waals surface area contributed by atoms with Crippen LogP contribution in [0, 0.1) is 5.82 Å². The van der Waals surface area contributed by atoms with Gasteiger partial charge in [0.2, 0.25) is 5.95 Å². The van der Waals surface area contributed by atoms with E-state index in [0.717, 1.165) is 48.4 Å². The molecule has 3 aromatic rings. The highest BCUT2D eigenvalue weighted by Crippen LogP contribution is 2.31. The average Bonchev–Trinajstić information content (AvgIpc) is 3.31. The van der Waals surface area contributed by atoms with Gasteiger partial charge in [0, 0.05) is 35.9 Å². The molecule has 0 radical (unpaired) electrons. The Bertz CT molecular complexity index is 1060. The van der Waals surface area contributed by atoms with Gasteiger partial charge in [0.15, 0.2) is 5.65 Å². The molecule has 7 nitrogen and oxygen atoms in total. The van der Waals surface area contributed by atoms with Crippen LogP contribution in [0.1, 0.15) is 29.5 Å². The van der Waals surface area contributed by atoms with Crippen molar-refractivity contribution in [3.63, 3.8) is 0 Å². The van der Waals surface area contributed by atoms with Crippen molar-refractivity contribution in [1.29, 1.82) is 0 Å². The molecule has 0 saturated carbocycles. The summed E-state index contributed by atoms with van der Waals surface area (Å²) in [4.78, 5) is 4.56. The second-order valence-electron chi connectivity index (χ2n) is 6.86.